The zero-order valence-electron chi connectivity index (χ0n) is 12.7. The van der Waals surface area contributed by atoms with Crippen molar-refractivity contribution in [2.24, 2.45) is 11.1 Å². The van der Waals surface area contributed by atoms with Crippen LogP contribution in [0.4, 0.5) is 0 Å². The fourth-order valence-electron chi connectivity index (χ4n) is 2.79. The van der Waals surface area contributed by atoms with Gasteiger partial charge in [-0.25, -0.2) is 0 Å². The second-order valence-electron chi connectivity index (χ2n) is 5.72. The van der Waals surface area contributed by atoms with Crippen LogP contribution in [-0.4, -0.2) is 37.4 Å². The summed E-state index contributed by atoms with van der Waals surface area (Å²) in [7, 11) is -1.16. The molecular weight excluding hydrogens is 318 g/mol. The average molecular weight is 337 g/mol. The van der Waals surface area contributed by atoms with Crippen LogP contribution >= 0.6 is 11.8 Å². The van der Waals surface area contributed by atoms with Gasteiger partial charge in [0.2, 0.25) is 5.78 Å². The topological polar surface area (TPSA) is 55.7 Å². The predicted octanol–water partition coefficient (Wildman–Crippen LogP) is 2.60. The highest BCUT2D eigenvalue weighted by atomic mass is 32.2. The van der Waals surface area contributed by atoms with Crippen LogP contribution in [0.3, 0.4) is 0 Å². The molecule has 0 unspecified atom stereocenters. The lowest BCUT2D eigenvalue weighted by Crippen LogP contribution is -2.48. The van der Waals surface area contributed by atoms with E-state index in [2.05, 4.69) is 5.16 Å². The lowest BCUT2D eigenvalue weighted by Gasteiger charge is -2.32. The number of oxime groups is 1. The van der Waals surface area contributed by atoms with Crippen molar-refractivity contribution in [1.29, 1.82) is 0 Å². The number of nitrogens with zero attached hydrogens (tertiary/aromatic N) is 1. The van der Waals surface area contributed by atoms with Crippen LogP contribution in [0.1, 0.15) is 25.8 Å². The molecule has 0 aliphatic carbocycles. The van der Waals surface area contributed by atoms with Crippen molar-refractivity contribution in [3.05, 3.63) is 35.9 Å². The first kappa shape index (κ1) is 15.7. The number of benzene rings is 1. The Labute approximate surface area is 137 Å². The third-order valence-corrected chi connectivity index (χ3v) is 8.10. The van der Waals surface area contributed by atoms with Gasteiger partial charge in [0.25, 0.3) is 0 Å². The van der Waals surface area contributed by atoms with Gasteiger partial charge < -0.3 is 4.84 Å². The van der Waals surface area contributed by atoms with Crippen molar-refractivity contribution >= 4 is 34.1 Å². The Morgan fingerprint density at radius 1 is 1.41 bits per heavy atom. The number of thioether (sulfide) groups is 1. The first-order valence-corrected chi connectivity index (χ1v) is 9.70. The Balaban J connectivity index is 1.80. The number of rotatable bonds is 3. The first-order chi connectivity index (χ1) is 10.5. The SMILES string of the molecule is C[C@H]1C(c2ccccc2)=NO[C@@H]1C(=O)[C@@]1(C)SCCC[S@]1=O. The lowest BCUT2D eigenvalue weighted by molar-refractivity contribution is -0.130. The van der Waals surface area contributed by atoms with Crippen LogP contribution < -0.4 is 0 Å². The van der Waals surface area contributed by atoms with Gasteiger partial charge in [0.1, 0.15) is 0 Å². The van der Waals surface area contributed by atoms with Crippen molar-refractivity contribution in [1.82, 2.24) is 0 Å². The minimum absolute atomic E-state index is 0.0993. The third kappa shape index (κ3) is 2.63. The summed E-state index contributed by atoms with van der Waals surface area (Å²) in [6, 6.07) is 9.73. The molecule has 0 N–H and O–H groups in total. The molecule has 2 heterocycles. The molecule has 1 aromatic carbocycles. The normalized spacial score (nSPS) is 34.8. The molecule has 4 atom stereocenters. The zero-order valence-corrected chi connectivity index (χ0v) is 14.3. The summed E-state index contributed by atoms with van der Waals surface area (Å²) in [6.07, 6.45) is 0.252. The molecule has 0 saturated carbocycles. The van der Waals surface area contributed by atoms with Gasteiger partial charge in [0.15, 0.2) is 10.2 Å². The summed E-state index contributed by atoms with van der Waals surface area (Å²) in [5.74, 6) is 1.22. The number of hydrogen-bond donors (Lipinski definition) is 0. The van der Waals surface area contributed by atoms with E-state index in [1.54, 1.807) is 6.92 Å². The van der Waals surface area contributed by atoms with E-state index < -0.39 is 21.0 Å². The van der Waals surface area contributed by atoms with E-state index in [0.717, 1.165) is 23.4 Å². The fourth-order valence-corrected chi connectivity index (χ4v) is 6.07. The second-order valence-corrected chi connectivity index (χ2v) is 9.41. The molecule has 4 nitrogen and oxygen atoms in total. The summed E-state index contributed by atoms with van der Waals surface area (Å²) < 4.78 is 11.5. The van der Waals surface area contributed by atoms with E-state index in [9.17, 15) is 9.00 Å². The van der Waals surface area contributed by atoms with Crippen molar-refractivity contribution in [2.45, 2.75) is 30.5 Å². The summed E-state index contributed by atoms with van der Waals surface area (Å²) in [5.41, 5.74) is 1.75. The van der Waals surface area contributed by atoms with Crippen LogP contribution in [0, 0.1) is 5.92 Å². The van der Waals surface area contributed by atoms with Gasteiger partial charge in [-0.2, -0.15) is 0 Å². The molecule has 0 radical (unpaired) electrons. The van der Waals surface area contributed by atoms with E-state index in [4.69, 9.17) is 4.84 Å². The van der Waals surface area contributed by atoms with E-state index in [-0.39, 0.29) is 11.7 Å². The molecule has 0 spiro atoms. The van der Waals surface area contributed by atoms with Crippen LogP contribution in [0.15, 0.2) is 35.5 Å². The summed E-state index contributed by atoms with van der Waals surface area (Å²) in [6.45, 7) is 3.73. The smallest absolute Gasteiger partial charge is 0.205 e. The molecule has 118 valence electrons. The number of hydrogen-bond acceptors (Lipinski definition) is 5. The molecule has 22 heavy (non-hydrogen) atoms. The Morgan fingerprint density at radius 2 is 2.14 bits per heavy atom. The van der Waals surface area contributed by atoms with Gasteiger partial charge in [-0.15, -0.1) is 11.8 Å². The number of Topliss-reactive ketones (excluding diaryl/α,β-unsaturated/α-hetero) is 1. The van der Waals surface area contributed by atoms with Gasteiger partial charge in [-0.05, 0) is 24.7 Å². The molecule has 2 aliphatic rings. The van der Waals surface area contributed by atoms with Gasteiger partial charge >= 0.3 is 0 Å². The molecule has 0 aromatic heterocycles. The van der Waals surface area contributed by atoms with Crippen molar-refractivity contribution in [3.8, 4) is 0 Å². The zero-order chi connectivity index (χ0) is 15.7. The maximum atomic E-state index is 12.9. The number of ketones is 1. The average Bonchev–Trinajstić information content (AvgIpc) is 2.92. The highest BCUT2D eigenvalue weighted by Crippen LogP contribution is 2.39. The van der Waals surface area contributed by atoms with Crippen molar-refractivity contribution in [3.63, 3.8) is 0 Å². The molecule has 1 aromatic rings. The highest BCUT2D eigenvalue weighted by Gasteiger charge is 2.50. The minimum Gasteiger partial charge on any atom is -0.383 e. The van der Waals surface area contributed by atoms with E-state index in [1.807, 2.05) is 37.3 Å². The maximum absolute atomic E-state index is 12.9. The maximum Gasteiger partial charge on any atom is 0.205 e. The molecule has 2 aliphatic heterocycles. The third-order valence-electron chi connectivity index (χ3n) is 4.21. The van der Waals surface area contributed by atoms with Crippen LogP contribution in [0.5, 0.6) is 0 Å². The minimum atomic E-state index is -1.16. The molecule has 0 amide bonds. The van der Waals surface area contributed by atoms with Crippen molar-refractivity contribution in [2.75, 3.05) is 11.5 Å². The highest BCUT2D eigenvalue weighted by molar-refractivity contribution is 8.14. The van der Waals surface area contributed by atoms with E-state index in [1.165, 1.54) is 11.8 Å². The number of carbonyl (C=O) groups is 1. The Kier molecular flexibility index (Phi) is 4.41. The second kappa shape index (κ2) is 6.16. The Bertz CT molecular complexity index is 632. The van der Waals surface area contributed by atoms with Gasteiger partial charge in [0, 0.05) is 22.5 Å². The summed E-state index contributed by atoms with van der Waals surface area (Å²) in [5, 5.41) is 4.13. The molecule has 6 heteroatoms. The van der Waals surface area contributed by atoms with Crippen LogP contribution in [0.25, 0.3) is 0 Å². The number of carbonyl (C=O) groups excluding carboxylic acids is 1. The van der Waals surface area contributed by atoms with Gasteiger partial charge in [0.05, 0.1) is 5.71 Å². The van der Waals surface area contributed by atoms with Crippen LogP contribution in [0.2, 0.25) is 0 Å². The fraction of sp³-hybridized carbons (Fsp3) is 0.500. The quantitative estimate of drug-likeness (QED) is 0.851. The van der Waals surface area contributed by atoms with E-state index in [0.29, 0.717) is 5.75 Å². The molecule has 3 rings (SSSR count). The molecule has 0 bridgehead atoms. The van der Waals surface area contributed by atoms with Crippen molar-refractivity contribution < 1.29 is 13.8 Å². The summed E-state index contributed by atoms with van der Waals surface area (Å²) in [4.78, 5) is 18.4. The lowest BCUT2D eigenvalue weighted by atomic mass is 9.91. The Morgan fingerprint density at radius 3 is 2.82 bits per heavy atom. The largest absolute Gasteiger partial charge is 0.383 e. The van der Waals surface area contributed by atoms with E-state index >= 15 is 0 Å². The molecule has 1 fully saturated rings. The van der Waals surface area contributed by atoms with Gasteiger partial charge in [-0.3, -0.25) is 9.00 Å². The predicted molar refractivity (Wildman–Crippen MR) is 90.5 cm³/mol. The summed E-state index contributed by atoms with van der Waals surface area (Å²) >= 11 is 1.49. The monoisotopic (exact) mass is 337 g/mol. The first-order valence-electron chi connectivity index (χ1n) is 7.40. The molecule has 1 saturated heterocycles. The Hall–Kier alpha value is -1.14. The van der Waals surface area contributed by atoms with Crippen LogP contribution in [-0.2, 0) is 20.4 Å². The molecular formula is C16H19NO3S2. The van der Waals surface area contributed by atoms with Gasteiger partial charge in [-0.1, -0.05) is 42.4 Å². The standard InChI is InChI=1S/C16H19NO3S2/c1-11-13(12-7-4-3-5-8-12)17-20-14(11)15(18)16(2)21-9-6-10-22(16)19/h3-5,7-8,11,14H,6,9-10H2,1-2H3/t11-,14-,16-,22+/m0/s1.